The van der Waals surface area contributed by atoms with E-state index in [0.29, 0.717) is 0 Å². The van der Waals surface area contributed by atoms with E-state index in [1.807, 2.05) is 6.92 Å². The first-order valence-corrected chi connectivity index (χ1v) is 6.67. The average Bonchev–Trinajstić information content (AvgIpc) is 2.66. The lowest BCUT2D eigenvalue weighted by atomic mass is 10.1. The average molecular weight is 245 g/mol. The predicted molar refractivity (Wildman–Crippen MR) is 77.8 cm³/mol. The van der Waals surface area contributed by atoms with Crippen LogP contribution >= 0.6 is 0 Å². The van der Waals surface area contributed by atoms with E-state index in [4.69, 9.17) is 5.73 Å². The summed E-state index contributed by atoms with van der Waals surface area (Å²) in [7, 11) is 2.11. The summed E-state index contributed by atoms with van der Waals surface area (Å²) >= 11 is 0. The molecule has 0 bridgehead atoms. The summed E-state index contributed by atoms with van der Waals surface area (Å²) in [6.45, 7) is 4.07. The van der Waals surface area contributed by atoms with Crippen LogP contribution in [0.15, 0.2) is 30.5 Å². The Balaban J connectivity index is 1.92. The lowest BCUT2D eigenvalue weighted by Crippen LogP contribution is -2.25. The van der Waals surface area contributed by atoms with Gasteiger partial charge in [0.15, 0.2) is 0 Å². The molecule has 2 rings (SSSR count). The number of aryl methyl sites for hydroxylation is 1. The van der Waals surface area contributed by atoms with Crippen LogP contribution < -0.4 is 11.1 Å². The summed E-state index contributed by atoms with van der Waals surface area (Å²) in [5.41, 5.74) is 8.45. The zero-order valence-corrected chi connectivity index (χ0v) is 11.3. The van der Waals surface area contributed by atoms with Crippen molar-refractivity contribution in [2.45, 2.75) is 25.8 Å². The number of benzene rings is 1. The third kappa shape index (κ3) is 3.12. The molecular formula is C15H23N3. The molecule has 1 heterocycles. The molecule has 1 atom stereocenters. The molecule has 0 aliphatic heterocycles. The van der Waals surface area contributed by atoms with Gasteiger partial charge in [0, 0.05) is 30.2 Å². The molecule has 3 N–H and O–H groups in total. The van der Waals surface area contributed by atoms with E-state index in [1.54, 1.807) is 0 Å². The van der Waals surface area contributed by atoms with Gasteiger partial charge in [-0.1, -0.05) is 18.2 Å². The molecular weight excluding hydrogens is 222 g/mol. The normalized spacial score (nSPS) is 13.1. The van der Waals surface area contributed by atoms with Crippen molar-refractivity contribution < 1.29 is 0 Å². The molecule has 0 aliphatic carbocycles. The third-order valence-electron chi connectivity index (χ3n) is 3.33. The molecule has 2 aromatic rings. The Labute approximate surface area is 109 Å². The van der Waals surface area contributed by atoms with Crippen molar-refractivity contribution in [3.63, 3.8) is 0 Å². The molecule has 0 amide bonds. The number of hydrogen-bond acceptors (Lipinski definition) is 2. The Morgan fingerprint density at radius 2 is 2.06 bits per heavy atom. The standard InChI is InChI=1S/C15H23N3/c1-12(16)7-9-17-10-8-13-11-18(2)15-6-4-3-5-14(13)15/h3-6,11-12,17H,7-10,16H2,1-2H3. The molecule has 0 spiro atoms. The second-order valence-electron chi connectivity index (χ2n) is 5.05. The number of nitrogens with two attached hydrogens (primary N) is 1. The number of para-hydroxylation sites is 1. The van der Waals surface area contributed by atoms with Crippen LogP contribution in [0.2, 0.25) is 0 Å². The highest BCUT2D eigenvalue weighted by molar-refractivity contribution is 5.83. The van der Waals surface area contributed by atoms with Crippen LogP contribution in [0.3, 0.4) is 0 Å². The maximum Gasteiger partial charge on any atom is 0.0480 e. The topological polar surface area (TPSA) is 43.0 Å². The number of nitrogens with one attached hydrogen (secondary N) is 1. The van der Waals surface area contributed by atoms with Crippen LogP contribution in [0.25, 0.3) is 10.9 Å². The third-order valence-corrected chi connectivity index (χ3v) is 3.33. The largest absolute Gasteiger partial charge is 0.350 e. The van der Waals surface area contributed by atoms with Crippen molar-refractivity contribution in [1.29, 1.82) is 0 Å². The Morgan fingerprint density at radius 3 is 2.83 bits per heavy atom. The van der Waals surface area contributed by atoms with E-state index >= 15 is 0 Å². The Kier molecular flexibility index (Phi) is 4.39. The van der Waals surface area contributed by atoms with E-state index in [1.165, 1.54) is 16.5 Å². The predicted octanol–water partition coefficient (Wildman–Crippen LogP) is 2.05. The fraction of sp³-hybridized carbons (Fsp3) is 0.467. The van der Waals surface area contributed by atoms with Crippen LogP contribution in [0, 0.1) is 0 Å². The SMILES string of the molecule is CC(N)CCNCCc1cn(C)c2ccccc12. The minimum atomic E-state index is 0.287. The highest BCUT2D eigenvalue weighted by Crippen LogP contribution is 2.20. The molecule has 0 aliphatic rings. The zero-order chi connectivity index (χ0) is 13.0. The van der Waals surface area contributed by atoms with E-state index in [-0.39, 0.29) is 6.04 Å². The van der Waals surface area contributed by atoms with Gasteiger partial charge in [-0.25, -0.2) is 0 Å². The molecule has 0 fully saturated rings. The van der Waals surface area contributed by atoms with Gasteiger partial charge in [-0.15, -0.1) is 0 Å². The zero-order valence-electron chi connectivity index (χ0n) is 11.3. The molecule has 0 saturated carbocycles. The smallest absolute Gasteiger partial charge is 0.0480 e. The Bertz CT molecular complexity index is 499. The van der Waals surface area contributed by atoms with Crippen molar-refractivity contribution in [2.75, 3.05) is 13.1 Å². The first kappa shape index (κ1) is 13.1. The Hall–Kier alpha value is -1.32. The summed E-state index contributed by atoms with van der Waals surface area (Å²) in [6.07, 6.45) is 4.34. The van der Waals surface area contributed by atoms with Gasteiger partial charge in [0.05, 0.1) is 0 Å². The molecule has 1 unspecified atom stereocenters. The second kappa shape index (κ2) is 6.03. The van der Waals surface area contributed by atoms with Crippen LogP contribution in [0.5, 0.6) is 0 Å². The molecule has 1 aromatic heterocycles. The van der Waals surface area contributed by atoms with Crippen molar-refractivity contribution in [3.8, 4) is 0 Å². The lowest BCUT2D eigenvalue weighted by molar-refractivity contribution is 0.590. The Morgan fingerprint density at radius 1 is 1.28 bits per heavy atom. The van der Waals surface area contributed by atoms with Crippen LogP contribution in [0.4, 0.5) is 0 Å². The van der Waals surface area contributed by atoms with E-state index in [0.717, 1.165) is 25.9 Å². The summed E-state index contributed by atoms with van der Waals surface area (Å²) in [5, 5.41) is 4.82. The molecule has 98 valence electrons. The van der Waals surface area contributed by atoms with Gasteiger partial charge < -0.3 is 15.6 Å². The van der Waals surface area contributed by atoms with Gasteiger partial charge in [-0.05, 0) is 44.5 Å². The van der Waals surface area contributed by atoms with E-state index in [2.05, 4.69) is 47.4 Å². The summed E-state index contributed by atoms with van der Waals surface area (Å²) in [5.74, 6) is 0. The van der Waals surface area contributed by atoms with Gasteiger partial charge >= 0.3 is 0 Å². The number of nitrogens with zero attached hydrogens (tertiary/aromatic N) is 1. The van der Waals surface area contributed by atoms with Crippen molar-refractivity contribution in [3.05, 3.63) is 36.0 Å². The molecule has 0 radical (unpaired) electrons. The van der Waals surface area contributed by atoms with E-state index < -0.39 is 0 Å². The first-order chi connectivity index (χ1) is 8.68. The maximum absolute atomic E-state index is 5.72. The molecule has 18 heavy (non-hydrogen) atoms. The second-order valence-corrected chi connectivity index (χ2v) is 5.05. The quantitative estimate of drug-likeness (QED) is 0.765. The van der Waals surface area contributed by atoms with Gasteiger partial charge in [-0.2, -0.15) is 0 Å². The van der Waals surface area contributed by atoms with Crippen LogP contribution in [-0.2, 0) is 13.5 Å². The number of rotatable bonds is 6. The molecule has 0 saturated heterocycles. The summed E-state index contributed by atoms with van der Waals surface area (Å²) < 4.78 is 2.20. The summed E-state index contributed by atoms with van der Waals surface area (Å²) in [4.78, 5) is 0. The van der Waals surface area contributed by atoms with Crippen molar-refractivity contribution >= 4 is 10.9 Å². The lowest BCUT2D eigenvalue weighted by Gasteiger charge is -2.06. The van der Waals surface area contributed by atoms with Crippen LogP contribution in [0.1, 0.15) is 18.9 Å². The highest BCUT2D eigenvalue weighted by Gasteiger charge is 2.04. The van der Waals surface area contributed by atoms with E-state index in [9.17, 15) is 0 Å². The molecule has 3 nitrogen and oxygen atoms in total. The first-order valence-electron chi connectivity index (χ1n) is 6.67. The van der Waals surface area contributed by atoms with Crippen LogP contribution in [-0.4, -0.2) is 23.7 Å². The highest BCUT2D eigenvalue weighted by atomic mass is 14.9. The monoisotopic (exact) mass is 245 g/mol. The number of hydrogen-bond donors (Lipinski definition) is 2. The summed E-state index contributed by atoms with van der Waals surface area (Å²) in [6, 6.07) is 8.85. The fourth-order valence-electron chi connectivity index (χ4n) is 2.30. The minimum absolute atomic E-state index is 0.287. The molecule has 1 aromatic carbocycles. The fourth-order valence-corrected chi connectivity index (χ4v) is 2.30. The van der Waals surface area contributed by atoms with Gasteiger partial charge in [0.25, 0.3) is 0 Å². The number of fused-ring (bicyclic) bond motifs is 1. The molecule has 3 heteroatoms. The van der Waals surface area contributed by atoms with Crippen molar-refractivity contribution in [1.82, 2.24) is 9.88 Å². The number of aromatic nitrogens is 1. The van der Waals surface area contributed by atoms with Gasteiger partial charge in [0.2, 0.25) is 0 Å². The minimum Gasteiger partial charge on any atom is -0.350 e. The van der Waals surface area contributed by atoms with Gasteiger partial charge in [-0.3, -0.25) is 0 Å². The van der Waals surface area contributed by atoms with Gasteiger partial charge in [0.1, 0.15) is 0 Å². The maximum atomic E-state index is 5.72. The van der Waals surface area contributed by atoms with Crippen molar-refractivity contribution in [2.24, 2.45) is 12.8 Å².